The minimum Gasteiger partial charge on any atom is -0.457 e. The Balaban J connectivity index is 1.62. The lowest BCUT2D eigenvalue weighted by Gasteiger charge is -2.17. The number of aromatic nitrogens is 1. The maximum Gasteiger partial charge on any atom is 0.259 e. The molecule has 0 radical (unpaired) electrons. The van der Waals surface area contributed by atoms with Gasteiger partial charge in [-0.15, -0.1) is 0 Å². The van der Waals surface area contributed by atoms with Gasteiger partial charge in [0, 0.05) is 0 Å². The van der Waals surface area contributed by atoms with Crippen LogP contribution in [-0.4, -0.2) is 4.57 Å². The van der Waals surface area contributed by atoms with E-state index in [-0.39, 0.29) is 5.56 Å². The highest BCUT2D eigenvalue weighted by Gasteiger charge is 2.14. The van der Waals surface area contributed by atoms with Crippen LogP contribution in [0.4, 0.5) is 0 Å². The number of ether oxygens (including phenoxy) is 1. The van der Waals surface area contributed by atoms with Crippen LogP contribution >= 0.6 is 0 Å². The van der Waals surface area contributed by atoms with E-state index in [9.17, 15) is 4.79 Å². The quantitative estimate of drug-likeness (QED) is 0.282. The summed E-state index contributed by atoms with van der Waals surface area (Å²) in [5.74, 6) is 1.55. The smallest absolute Gasteiger partial charge is 0.259 e. The van der Waals surface area contributed by atoms with Gasteiger partial charge in [-0.25, -0.2) is 0 Å². The average Bonchev–Trinajstić information content (AvgIpc) is 2.83. The first-order chi connectivity index (χ1) is 16.5. The summed E-state index contributed by atoms with van der Waals surface area (Å²) in [5.41, 5.74) is 6.46. The number of benzene rings is 4. The molecule has 3 heteroatoms. The Bertz CT molecular complexity index is 1530. The monoisotopic (exact) mass is 445 g/mol. The Labute approximate surface area is 199 Å². The molecule has 34 heavy (non-hydrogen) atoms. The van der Waals surface area contributed by atoms with E-state index >= 15 is 0 Å². The van der Waals surface area contributed by atoms with Gasteiger partial charge in [-0.05, 0) is 90.9 Å². The summed E-state index contributed by atoms with van der Waals surface area (Å²) < 4.78 is 7.87. The summed E-state index contributed by atoms with van der Waals surface area (Å²) in [7, 11) is 0. The Morgan fingerprint density at radius 1 is 0.706 bits per heavy atom. The van der Waals surface area contributed by atoms with Crippen LogP contribution in [0.25, 0.3) is 22.0 Å². The third-order valence-electron chi connectivity index (χ3n) is 6.30. The summed E-state index contributed by atoms with van der Waals surface area (Å²) in [4.78, 5) is 13.8. The van der Waals surface area contributed by atoms with Crippen molar-refractivity contribution in [3.63, 3.8) is 0 Å². The minimum absolute atomic E-state index is 0.0372. The van der Waals surface area contributed by atoms with Gasteiger partial charge in [0.1, 0.15) is 11.5 Å². The molecule has 1 aromatic heterocycles. The van der Waals surface area contributed by atoms with Crippen LogP contribution in [0.3, 0.4) is 0 Å². The first kappa shape index (κ1) is 21.7. The highest BCUT2D eigenvalue weighted by Crippen LogP contribution is 2.28. The van der Waals surface area contributed by atoms with Crippen molar-refractivity contribution in [1.29, 1.82) is 0 Å². The van der Waals surface area contributed by atoms with Gasteiger partial charge in [-0.3, -0.25) is 4.79 Å². The lowest BCUT2D eigenvalue weighted by molar-refractivity contribution is 0.483. The Hall–Kier alpha value is -4.11. The molecule has 168 valence electrons. The van der Waals surface area contributed by atoms with Crippen LogP contribution in [0.5, 0.6) is 11.5 Å². The number of aryl methyl sites for hydroxylation is 3. The molecule has 3 nitrogen and oxygen atoms in total. The lowest BCUT2D eigenvalue weighted by atomic mass is 10.0. The number of pyridine rings is 1. The molecule has 0 fully saturated rings. The van der Waals surface area contributed by atoms with Crippen molar-refractivity contribution in [1.82, 2.24) is 4.57 Å². The van der Waals surface area contributed by atoms with Crippen LogP contribution in [0.1, 0.15) is 22.3 Å². The second-order valence-electron chi connectivity index (χ2n) is 8.83. The highest BCUT2D eigenvalue weighted by atomic mass is 16.5. The van der Waals surface area contributed by atoms with Gasteiger partial charge in [0.25, 0.3) is 5.56 Å². The standard InChI is InChI=1S/C31H27NO2/c1-21-12-13-26(23(3)18-21)20-32-29(19-25-9-7-8-22(2)30(25)31(32)33)24-14-16-28(17-15-24)34-27-10-5-4-6-11-27/h4-19H,20H2,1-3H3. The van der Waals surface area contributed by atoms with Gasteiger partial charge in [-0.1, -0.05) is 60.2 Å². The van der Waals surface area contributed by atoms with Gasteiger partial charge in [-0.2, -0.15) is 0 Å². The third-order valence-corrected chi connectivity index (χ3v) is 6.30. The summed E-state index contributed by atoms with van der Waals surface area (Å²) in [6.45, 7) is 6.72. The normalized spacial score (nSPS) is 11.0. The predicted molar refractivity (Wildman–Crippen MR) is 140 cm³/mol. The molecule has 0 aliphatic carbocycles. The Kier molecular flexibility index (Phi) is 5.77. The van der Waals surface area contributed by atoms with Gasteiger partial charge in [0.15, 0.2) is 0 Å². The first-order valence-electron chi connectivity index (χ1n) is 11.5. The van der Waals surface area contributed by atoms with Gasteiger partial charge < -0.3 is 9.30 Å². The zero-order chi connectivity index (χ0) is 23.7. The van der Waals surface area contributed by atoms with Crippen LogP contribution in [0, 0.1) is 20.8 Å². The molecule has 0 aliphatic rings. The van der Waals surface area contributed by atoms with Gasteiger partial charge in [0.2, 0.25) is 0 Å². The maximum atomic E-state index is 13.8. The van der Waals surface area contributed by atoms with Crippen LogP contribution in [-0.2, 0) is 6.54 Å². The molecule has 0 N–H and O–H groups in total. The SMILES string of the molecule is Cc1ccc(Cn2c(-c3ccc(Oc4ccccc4)cc3)cc3cccc(C)c3c2=O)c(C)c1. The van der Waals surface area contributed by atoms with Crippen molar-refractivity contribution in [3.8, 4) is 22.8 Å². The lowest BCUT2D eigenvalue weighted by Crippen LogP contribution is -2.23. The highest BCUT2D eigenvalue weighted by molar-refractivity contribution is 5.88. The molecule has 0 unspecified atom stereocenters. The fourth-order valence-electron chi connectivity index (χ4n) is 4.48. The van der Waals surface area contributed by atoms with E-state index in [1.54, 1.807) is 0 Å². The number of hydrogen-bond acceptors (Lipinski definition) is 2. The first-order valence-corrected chi connectivity index (χ1v) is 11.5. The van der Waals surface area contributed by atoms with Gasteiger partial charge in [0.05, 0.1) is 17.6 Å². The Morgan fingerprint density at radius 3 is 2.18 bits per heavy atom. The van der Waals surface area contributed by atoms with Crippen LogP contribution < -0.4 is 10.3 Å². The van der Waals surface area contributed by atoms with Crippen molar-refractivity contribution in [3.05, 3.63) is 130 Å². The topological polar surface area (TPSA) is 31.2 Å². The van der Waals surface area contributed by atoms with Crippen molar-refractivity contribution in [2.45, 2.75) is 27.3 Å². The molecule has 0 bridgehead atoms. The predicted octanol–water partition coefficient (Wildman–Crippen LogP) is 7.43. The molecular formula is C31H27NO2. The van der Waals surface area contributed by atoms with E-state index in [4.69, 9.17) is 4.74 Å². The summed E-state index contributed by atoms with van der Waals surface area (Å²) in [5, 5.41) is 1.74. The van der Waals surface area contributed by atoms with E-state index in [1.165, 1.54) is 11.1 Å². The molecule has 0 saturated heterocycles. The zero-order valence-corrected chi connectivity index (χ0v) is 19.7. The fourth-order valence-corrected chi connectivity index (χ4v) is 4.48. The maximum absolute atomic E-state index is 13.8. The van der Waals surface area contributed by atoms with E-state index in [0.717, 1.165) is 44.7 Å². The van der Waals surface area contributed by atoms with Crippen LogP contribution in [0.15, 0.2) is 102 Å². The number of para-hydroxylation sites is 1. The van der Waals surface area contributed by atoms with E-state index in [1.807, 2.05) is 84.3 Å². The zero-order valence-electron chi connectivity index (χ0n) is 19.7. The molecule has 0 aliphatic heterocycles. The fraction of sp³-hybridized carbons (Fsp3) is 0.129. The van der Waals surface area contributed by atoms with E-state index < -0.39 is 0 Å². The number of rotatable bonds is 5. The van der Waals surface area contributed by atoms with E-state index in [0.29, 0.717) is 6.54 Å². The van der Waals surface area contributed by atoms with Crippen molar-refractivity contribution in [2.24, 2.45) is 0 Å². The molecule has 0 spiro atoms. The number of fused-ring (bicyclic) bond motifs is 1. The average molecular weight is 446 g/mol. The second-order valence-corrected chi connectivity index (χ2v) is 8.83. The number of nitrogens with zero attached hydrogens (tertiary/aromatic N) is 1. The van der Waals surface area contributed by atoms with Crippen molar-refractivity contribution in [2.75, 3.05) is 0 Å². The molecule has 0 amide bonds. The summed E-state index contributed by atoms with van der Waals surface area (Å²) >= 11 is 0. The largest absolute Gasteiger partial charge is 0.457 e. The van der Waals surface area contributed by atoms with Crippen LogP contribution in [0.2, 0.25) is 0 Å². The molecular weight excluding hydrogens is 418 g/mol. The second kappa shape index (κ2) is 9.03. The minimum atomic E-state index is 0.0372. The molecule has 0 atom stereocenters. The van der Waals surface area contributed by atoms with Crippen molar-refractivity contribution < 1.29 is 4.74 Å². The summed E-state index contributed by atoms with van der Waals surface area (Å²) in [6.07, 6.45) is 0. The Morgan fingerprint density at radius 2 is 1.44 bits per heavy atom. The molecule has 5 rings (SSSR count). The van der Waals surface area contributed by atoms with Crippen molar-refractivity contribution >= 4 is 10.8 Å². The third kappa shape index (κ3) is 4.25. The van der Waals surface area contributed by atoms with E-state index in [2.05, 4.69) is 38.1 Å². The molecule has 1 heterocycles. The number of hydrogen-bond donors (Lipinski definition) is 0. The molecule has 5 aromatic rings. The van der Waals surface area contributed by atoms with Gasteiger partial charge >= 0.3 is 0 Å². The molecule has 0 saturated carbocycles. The summed E-state index contributed by atoms with van der Waals surface area (Å²) in [6, 6.07) is 32.2. The molecule has 4 aromatic carbocycles.